The Balaban J connectivity index is 2.73. The van der Waals surface area contributed by atoms with E-state index in [1.807, 2.05) is 27.7 Å². The molecule has 0 aromatic rings. The lowest BCUT2D eigenvalue weighted by Crippen LogP contribution is -2.20. The fourth-order valence-corrected chi connectivity index (χ4v) is 2.63. The van der Waals surface area contributed by atoms with Crippen LogP contribution in [0.3, 0.4) is 0 Å². The van der Waals surface area contributed by atoms with Crippen LogP contribution < -0.4 is 0 Å². The SMILES string of the molecule is C#CC(OC(=O)C1C(C=C(C)C)C1(C)C)C(C)=CCC(F)F. The second kappa shape index (κ2) is 7.09. The zero-order valence-electron chi connectivity index (χ0n) is 13.8. The average Bonchev–Trinajstić information content (AvgIpc) is 2.93. The molecule has 0 bridgehead atoms. The Morgan fingerprint density at radius 3 is 2.41 bits per heavy atom. The molecular weight excluding hydrogens is 286 g/mol. The molecule has 0 radical (unpaired) electrons. The number of alkyl halides is 2. The second-order valence-corrected chi connectivity index (χ2v) is 6.63. The average molecular weight is 310 g/mol. The number of terminal acetylenes is 1. The third kappa shape index (κ3) is 4.43. The summed E-state index contributed by atoms with van der Waals surface area (Å²) in [6.07, 6.45) is 5.05. The van der Waals surface area contributed by atoms with Crippen LogP contribution in [0.4, 0.5) is 8.78 Å². The molecule has 0 saturated heterocycles. The van der Waals surface area contributed by atoms with Crippen molar-refractivity contribution in [3.8, 4) is 12.3 Å². The van der Waals surface area contributed by atoms with Crippen molar-refractivity contribution in [2.75, 3.05) is 0 Å². The minimum Gasteiger partial charge on any atom is -0.444 e. The number of rotatable bonds is 6. The Labute approximate surface area is 131 Å². The fraction of sp³-hybridized carbons (Fsp3) is 0.611. The number of hydrogen-bond acceptors (Lipinski definition) is 2. The third-order valence-electron chi connectivity index (χ3n) is 4.09. The molecule has 0 N–H and O–H groups in total. The van der Waals surface area contributed by atoms with E-state index in [2.05, 4.69) is 12.0 Å². The Hall–Kier alpha value is -1.63. The van der Waals surface area contributed by atoms with Gasteiger partial charge in [0.2, 0.25) is 6.43 Å². The summed E-state index contributed by atoms with van der Waals surface area (Å²) in [7, 11) is 0. The smallest absolute Gasteiger partial charge is 0.311 e. The van der Waals surface area contributed by atoms with Gasteiger partial charge < -0.3 is 4.74 Å². The van der Waals surface area contributed by atoms with Gasteiger partial charge in [0.1, 0.15) is 0 Å². The first-order valence-electron chi connectivity index (χ1n) is 7.37. The normalized spacial score (nSPS) is 24.4. The van der Waals surface area contributed by atoms with Gasteiger partial charge in [-0.2, -0.15) is 0 Å². The molecule has 3 unspecified atom stereocenters. The van der Waals surface area contributed by atoms with Crippen molar-refractivity contribution in [3.05, 3.63) is 23.3 Å². The van der Waals surface area contributed by atoms with E-state index in [1.165, 1.54) is 6.08 Å². The predicted molar refractivity (Wildman–Crippen MR) is 83.3 cm³/mol. The molecular formula is C18H24F2O2. The number of carbonyl (C=O) groups is 1. The quantitative estimate of drug-likeness (QED) is 0.414. The highest BCUT2D eigenvalue weighted by molar-refractivity contribution is 5.79. The molecule has 0 heterocycles. The van der Waals surface area contributed by atoms with Crippen LogP contribution in [0.1, 0.15) is 41.0 Å². The summed E-state index contributed by atoms with van der Waals surface area (Å²) in [6.45, 7) is 9.59. The molecule has 1 aliphatic rings. The maximum atomic E-state index is 12.3. The van der Waals surface area contributed by atoms with E-state index in [9.17, 15) is 13.6 Å². The molecule has 1 aliphatic carbocycles. The predicted octanol–water partition coefficient (Wildman–Crippen LogP) is 4.37. The topological polar surface area (TPSA) is 26.3 Å². The summed E-state index contributed by atoms with van der Waals surface area (Å²) < 4.78 is 29.8. The molecule has 1 fully saturated rings. The number of hydrogen-bond donors (Lipinski definition) is 0. The lowest BCUT2D eigenvalue weighted by molar-refractivity contribution is -0.147. The number of carbonyl (C=O) groups excluding carboxylic acids is 1. The van der Waals surface area contributed by atoms with Crippen molar-refractivity contribution in [3.63, 3.8) is 0 Å². The van der Waals surface area contributed by atoms with Gasteiger partial charge in [-0.3, -0.25) is 4.79 Å². The van der Waals surface area contributed by atoms with Gasteiger partial charge in [-0.05, 0) is 37.7 Å². The van der Waals surface area contributed by atoms with Crippen molar-refractivity contribution in [1.82, 2.24) is 0 Å². The fourth-order valence-electron chi connectivity index (χ4n) is 2.63. The van der Waals surface area contributed by atoms with Crippen LogP contribution in [0.2, 0.25) is 0 Å². The highest BCUT2D eigenvalue weighted by Gasteiger charge is 2.61. The van der Waals surface area contributed by atoms with Gasteiger partial charge >= 0.3 is 5.97 Å². The molecule has 0 aromatic heterocycles. The minimum absolute atomic E-state index is 0.133. The number of allylic oxidation sites excluding steroid dienone is 3. The zero-order chi connectivity index (χ0) is 17.1. The van der Waals surface area contributed by atoms with Crippen LogP contribution in [-0.4, -0.2) is 18.5 Å². The van der Waals surface area contributed by atoms with E-state index in [-0.39, 0.29) is 23.2 Å². The van der Waals surface area contributed by atoms with E-state index in [4.69, 9.17) is 11.2 Å². The van der Waals surface area contributed by atoms with Crippen molar-refractivity contribution < 1.29 is 18.3 Å². The molecule has 0 spiro atoms. The molecule has 0 aliphatic heterocycles. The van der Waals surface area contributed by atoms with Crippen LogP contribution in [0.15, 0.2) is 23.3 Å². The summed E-state index contributed by atoms with van der Waals surface area (Å²) in [5.41, 5.74) is 1.46. The van der Waals surface area contributed by atoms with Crippen LogP contribution in [0.5, 0.6) is 0 Å². The number of ether oxygens (including phenoxy) is 1. The van der Waals surface area contributed by atoms with Crippen molar-refractivity contribution in [1.29, 1.82) is 0 Å². The molecule has 1 rings (SSSR count). The maximum Gasteiger partial charge on any atom is 0.311 e. The van der Waals surface area contributed by atoms with Gasteiger partial charge in [0.25, 0.3) is 0 Å². The molecule has 4 heteroatoms. The van der Waals surface area contributed by atoms with Crippen LogP contribution >= 0.6 is 0 Å². The minimum atomic E-state index is -2.44. The van der Waals surface area contributed by atoms with Crippen molar-refractivity contribution in [2.24, 2.45) is 17.3 Å². The summed E-state index contributed by atoms with van der Waals surface area (Å²) >= 11 is 0. The van der Waals surface area contributed by atoms with Crippen LogP contribution in [0.25, 0.3) is 0 Å². The Kier molecular flexibility index (Phi) is 5.93. The molecule has 0 aromatic carbocycles. The van der Waals surface area contributed by atoms with Gasteiger partial charge in [-0.1, -0.05) is 37.5 Å². The largest absolute Gasteiger partial charge is 0.444 e. The number of halogens is 2. The van der Waals surface area contributed by atoms with Gasteiger partial charge in [-0.25, -0.2) is 8.78 Å². The summed E-state index contributed by atoms with van der Waals surface area (Å²) in [6, 6.07) is 0. The van der Waals surface area contributed by atoms with E-state index in [0.29, 0.717) is 5.57 Å². The number of esters is 1. The van der Waals surface area contributed by atoms with Gasteiger partial charge in [0, 0.05) is 6.42 Å². The summed E-state index contributed by atoms with van der Waals surface area (Å²) in [5.74, 6) is 1.89. The Morgan fingerprint density at radius 2 is 1.95 bits per heavy atom. The van der Waals surface area contributed by atoms with Crippen LogP contribution in [0, 0.1) is 29.6 Å². The van der Waals surface area contributed by atoms with E-state index >= 15 is 0 Å². The Morgan fingerprint density at radius 1 is 1.36 bits per heavy atom. The highest BCUT2D eigenvalue weighted by atomic mass is 19.3. The first-order valence-corrected chi connectivity index (χ1v) is 7.37. The Bertz CT molecular complexity index is 520. The van der Waals surface area contributed by atoms with E-state index < -0.39 is 19.0 Å². The lowest BCUT2D eigenvalue weighted by Gasteiger charge is -2.14. The third-order valence-corrected chi connectivity index (χ3v) is 4.09. The highest BCUT2D eigenvalue weighted by Crippen LogP contribution is 2.59. The van der Waals surface area contributed by atoms with Gasteiger partial charge in [-0.15, -0.1) is 6.42 Å². The van der Waals surface area contributed by atoms with Gasteiger partial charge in [0.05, 0.1) is 5.92 Å². The van der Waals surface area contributed by atoms with E-state index in [0.717, 1.165) is 5.57 Å². The van der Waals surface area contributed by atoms with Gasteiger partial charge in [0.15, 0.2) is 6.10 Å². The summed E-state index contributed by atoms with van der Waals surface area (Å²) in [5, 5.41) is 0. The molecule has 122 valence electrons. The molecule has 0 amide bonds. The first kappa shape index (κ1) is 18.4. The van der Waals surface area contributed by atoms with E-state index in [1.54, 1.807) is 6.92 Å². The summed E-state index contributed by atoms with van der Waals surface area (Å²) in [4.78, 5) is 12.3. The van der Waals surface area contributed by atoms with Crippen molar-refractivity contribution in [2.45, 2.75) is 53.6 Å². The van der Waals surface area contributed by atoms with Crippen molar-refractivity contribution >= 4 is 5.97 Å². The lowest BCUT2D eigenvalue weighted by atomic mass is 10.1. The monoisotopic (exact) mass is 310 g/mol. The molecule has 3 atom stereocenters. The molecule has 1 saturated carbocycles. The molecule has 2 nitrogen and oxygen atoms in total. The standard InChI is InChI=1S/C18H24F2O2/c1-7-14(12(4)8-9-15(19)20)22-17(21)16-13(10-11(2)3)18(16,5)6/h1,8,10,13-16H,9H2,2-6H3. The maximum absolute atomic E-state index is 12.3. The first-order chi connectivity index (χ1) is 10.1. The second-order valence-electron chi connectivity index (χ2n) is 6.63. The molecule has 22 heavy (non-hydrogen) atoms. The van der Waals surface area contributed by atoms with Crippen LogP contribution in [-0.2, 0) is 9.53 Å². The zero-order valence-corrected chi connectivity index (χ0v) is 13.8.